The summed E-state index contributed by atoms with van der Waals surface area (Å²) in [5.41, 5.74) is 0.861. The van der Waals surface area contributed by atoms with Crippen LogP contribution in [-0.4, -0.2) is 21.3 Å². The molecular weight excluding hydrogens is 296 g/mol. The third-order valence-electron chi connectivity index (χ3n) is 2.69. The van der Waals surface area contributed by atoms with Crippen LogP contribution in [0.25, 0.3) is 0 Å². The molecule has 0 spiro atoms. The molecule has 0 aliphatic heterocycles. The molecule has 0 radical (unpaired) electrons. The maximum Gasteiger partial charge on any atom is 0.133 e. The zero-order valence-corrected chi connectivity index (χ0v) is 11.7. The highest BCUT2D eigenvalue weighted by atomic mass is 79.9. The molecule has 0 amide bonds. The largest absolute Gasteiger partial charge is 0.491 e. The van der Waals surface area contributed by atoms with Crippen molar-refractivity contribution in [1.29, 1.82) is 0 Å². The van der Waals surface area contributed by atoms with E-state index in [2.05, 4.69) is 20.9 Å². The molecule has 1 heterocycles. The Bertz CT molecular complexity index is 525. The molecular formula is C13H15BrN2O2. The van der Waals surface area contributed by atoms with Crippen molar-refractivity contribution in [2.24, 2.45) is 0 Å². The van der Waals surface area contributed by atoms with Crippen LogP contribution in [-0.2, 0) is 13.2 Å². The van der Waals surface area contributed by atoms with Gasteiger partial charge in [-0.15, -0.1) is 0 Å². The van der Waals surface area contributed by atoms with Gasteiger partial charge in [0.05, 0.1) is 17.6 Å². The third kappa shape index (κ3) is 3.11. The number of aliphatic hydroxyl groups excluding tert-OH is 1. The van der Waals surface area contributed by atoms with E-state index in [0.717, 1.165) is 28.2 Å². The number of rotatable bonds is 5. The predicted octanol–water partition coefficient (Wildman–Crippen LogP) is 2.53. The number of benzene rings is 1. The van der Waals surface area contributed by atoms with Gasteiger partial charge in [-0.3, -0.25) is 0 Å². The highest BCUT2D eigenvalue weighted by Crippen LogP contribution is 2.26. The lowest BCUT2D eigenvalue weighted by atomic mass is 10.2. The lowest BCUT2D eigenvalue weighted by Crippen LogP contribution is -2.09. The summed E-state index contributed by atoms with van der Waals surface area (Å²) in [6.07, 6.45) is 3.71. The van der Waals surface area contributed by atoms with Crippen LogP contribution in [0.15, 0.2) is 35.1 Å². The second-order valence-corrected chi connectivity index (χ2v) is 4.79. The van der Waals surface area contributed by atoms with Crippen molar-refractivity contribution in [3.05, 3.63) is 46.5 Å². The van der Waals surface area contributed by atoms with E-state index < -0.39 is 0 Å². The number of hydrogen-bond donors (Lipinski definition) is 1. The fourth-order valence-electron chi connectivity index (χ4n) is 1.65. The van der Waals surface area contributed by atoms with Gasteiger partial charge in [-0.2, -0.15) is 0 Å². The molecule has 0 saturated heterocycles. The molecule has 5 heteroatoms. The van der Waals surface area contributed by atoms with Crippen molar-refractivity contribution < 1.29 is 9.84 Å². The fraction of sp³-hybridized carbons (Fsp3) is 0.308. The first kappa shape index (κ1) is 13.1. The molecule has 0 unspecified atom stereocenters. The summed E-state index contributed by atoms with van der Waals surface area (Å²) in [4.78, 5) is 4.15. The van der Waals surface area contributed by atoms with Crippen LogP contribution in [0.1, 0.15) is 11.4 Å². The lowest BCUT2D eigenvalue weighted by molar-refractivity contribution is 0.280. The van der Waals surface area contributed by atoms with Crippen molar-refractivity contribution in [1.82, 2.24) is 9.55 Å². The molecule has 0 saturated carbocycles. The summed E-state index contributed by atoms with van der Waals surface area (Å²) < 4.78 is 8.58. The minimum atomic E-state index is 0.0348. The molecule has 0 bridgehead atoms. The van der Waals surface area contributed by atoms with E-state index in [1.54, 1.807) is 6.20 Å². The number of hydrogen-bond acceptors (Lipinski definition) is 3. The zero-order chi connectivity index (χ0) is 13.0. The number of nitrogens with zero attached hydrogens (tertiary/aromatic N) is 2. The van der Waals surface area contributed by atoms with Crippen molar-refractivity contribution in [3.8, 4) is 5.75 Å². The van der Waals surface area contributed by atoms with Crippen LogP contribution in [0, 0.1) is 6.92 Å². The molecule has 1 aromatic heterocycles. The molecule has 2 aromatic rings. The van der Waals surface area contributed by atoms with Crippen molar-refractivity contribution in [3.63, 3.8) is 0 Å². The Morgan fingerprint density at radius 3 is 2.89 bits per heavy atom. The van der Waals surface area contributed by atoms with Crippen LogP contribution >= 0.6 is 15.9 Å². The first-order valence-corrected chi connectivity index (χ1v) is 6.50. The van der Waals surface area contributed by atoms with Gasteiger partial charge in [-0.05, 0) is 40.5 Å². The van der Waals surface area contributed by atoms with E-state index in [1.165, 1.54) is 0 Å². The Kier molecular flexibility index (Phi) is 4.38. The van der Waals surface area contributed by atoms with Crippen molar-refractivity contribution in [2.45, 2.75) is 20.1 Å². The summed E-state index contributed by atoms with van der Waals surface area (Å²) in [5.74, 6) is 1.76. The molecule has 0 aliphatic carbocycles. The normalized spacial score (nSPS) is 10.6. The highest BCUT2D eigenvalue weighted by molar-refractivity contribution is 9.10. The van der Waals surface area contributed by atoms with E-state index >= 15 is 0 Å². The Morgan fingerprint density at radius 1 is 1.44 bits per heavy atom. The SMILES string of the molecule is Cc1nccn1CCOc1ccc(CO)cc1Br. The second kappa shape index (κ2) is 6.02. The van der Waals surface area contributed by atoms with Crippen LogP contribution in [0.3, 0.4) is 0 Å². The summed E-state index contributed by atoms with van der Waals surface area (Å²) in [6.45, 7) is 3.34. The van der Waals surface area contributed by atoms with Gasteiger partial charge in [0.25, 0.3) is 0 Å². The van der Waals surface area contributed by atoms with E-state index in [1.807, 2.05) is 35.9 Å². The van der Waals surface area contributed by atoms with Crippen LogP contribution in [0.4, 0.5) is 0 Å². The van der Waals surface area contributed by atoms with Gasteiger partial charge in [0.15, 0.2) is 0 Å². The topological polar surface area (TPSA) is 47.3 Å². The third-order valence-corrected chi connectivity index (χ3v) is 3.31. The molecule has 0 atom stereocenters. The summed E-state index contributed by atoms with van der Waals surface area (Å²) >= 11 is 3.43. The number of aliphatic hydroxyl groups is 1. The lowest BCUT2D eigenvalue weighted by Gasteiger charge is -2.10. The summed E-state index contributed by atoms with van der Waals surface area (Å²) in [6, 6.07) is 5.57. The monoisotopic (exact) mass is 310 g/mol. The number of aromatic nitrogens is 2. The van der Waals surface area contributed by atoms with E-state index in [-0.39, 0.29) is 6.61 Å². The summed E-state index contributed by atoms with van der Waals surface area (Å²) in [5, 5.41) is 9.01. The molecule has 0 aliphatic rings. The number of ether oxygens (including phenoxy) is 1. The number of aryl methyl sites for hydroxylation is 1. The van der Waals surface area contributed by atoms with E-state index in [9.17, 15) is 0 Å². The minimum absolute atomic E-state index is 0.0348. The smallest absolute Gasteiger partial charge is 0.133 e. The maximum absolute atomic E-state index is 9.01. The average molecular weight is 311 g/mol. The molecule has 0 fully saturated rings. The van der Waals surface area contributed by atoms with Crippen LogP contribution in [0.2, 0.25) is 0 Å². The molecule has 96 valence electrons. The van der Waals surface area contributed by atoms with E-state index in [0.29, 0.717) is 6.61 Å². The summed E-state index contributed by atoms with van der Waals surface area (Å²) in [7, 11) is 0. The maximum atomic E-state index is 9.01. The van der Waals surface area contributed by atoms with Crippen molar-refractivity contribution >= 4 is 15.9 Å². The van der Waals surface area contributed by atoms with Gasteiger partial charge in [-0.1, -0.05) is 6.07 Å². The Hall–Kier alpha value is -1.33. The molecule has 18 heavy (non-hydrogen) atoms. The van der Waals surface area contributed by atoms with Gasteiger partial charge in [-0.25, -0.2) is 4.98 Å². The number of halogens is 1. The first-order chi connectivity index (χ1) is 8.70. The fourth-order valence-corrected chi connectivity index (χ4v) is 2.19. The minimum Gasteiger partial charge on any atom is -0.491 e. The van der Waals surface area contributed by atoms with Gasteiger partial charge in [0.2, 0.25) is 0 Å². The number of imidazole rings is 1. The highest BCUT2D eigenvalue weighted by Gasteiger charge is 2.03. The Morgan fingerprint density at radius 2 is 2.28 bits per heavy atom. The zero-order valence-electron chi connectivity index (χ0n) is 10.1. The molecule has 4 nitrogen and oxygen atoms in total. The second-order valence-electron chi connectivity index (χ2n) is 3.94. The van der Waals surface area contributed by atoms with Crippen LogP contribution < -0.4 is 4.74 Å². The van der Waals surface area contributed by atoms with Crippen LogP contribution in [0.5, 0.6) is 5.75 Å². The van der Waals surface area contributed by atoms with Gasteiger partial charge in [0.1, 0.15) is 18.2 Å². The molecule has 2 rings (SSSR count). The Labute approximate surface area is 114 Å². The standard InChI is InChI=1S/C13H15BrN2O2/c1-10-15-4-5-16(10)6-7-18-13-3-2-11(9-17)8-12(13)14/h2-5,8,17H,6-7,9H2,1H3. The first-order valence-electron chi connectivity index (χ1n) is 5.70. The molecule has 1 aromatic carbocycles. The van der Waals surface area contributed by atoms with E-state index in [4.69, 9.17) is 9.84 Å². The van der Waals surface area contributed by atoms with Crippen molar-refractivity contribution in [2.75, 3.05) is 6.61 Å². The van der Waals surface area contributed by atoms with Gasteiger partial charge in [0, 0.05) is 12.4 Å². The predicted molar refractivity (Wildman–Crippen MR) is 72.5 cm³/mol. The Balaban J connectivity index is 1.92. The van der Waals surface area contributed by atoms with Gasteiger partial charge < -0.3 is 14.4 Å². The quantitative estimate of drug-likeness (QED) is 0.923. The molecule has 1 N–H and O–H groups in total. The average Bonchev–Trinajstić information content (AvgIpc) is 2.77. The van der Waals surface area contributed by atoms with Gasteiger partial charge >= 0.3 is 0 Å².